The number of ether oxygens (including phenoxy) is 1. The van der Waals surface area contributed by atoms with Gasteiger partial charge in [0.15, 0.2) is 0 Å². The second kappa shape index (κ2) is 12.0. The number of likely N-dealkylation sites (N-methyl/N-ethyl adjacent to an activating group) is 1. The maximum Gasteiger partial charge on any atom is 0.316 e. The molecule has 2 aromatic carbocycles. The van der Waals surface area contributed by atoms with E-state index in [-0.39, 0.29) is 49.0 Å². The first-order valence-electron chi connectivity index (χ1n) is 11.4. The molecule has 0 aliphatic carbocycles. The minimum atomic E-state index is -3.47. The molecule has 12 heteroatoms. The fourth-order valence-corrected chi connectivity index (χ4v) is 6.34. The quantitative estimate of drug-likeness (QED) is 0.274. The number of hydrogen-bond acceptors (Lipinski definition) is 8. The Hall–Kier alpha value is -2.80. The first-order chi connectivity index (χ1) is 17.3. The summed E-state index contributed by atoms with van der Waals surface area (Å²) in [6.45, 7) is 1.22. The number of nitrogens with zero attached hydrogens (tertiary/aromatic N) is 5. The van der Waals surface area contributed by atoms with Gasteiger partial charge in [0, 0.05) is 29.6 Å². The van der Waals surface area contributed by atoms with Crippen molar-refractivity contribution in [1.29, 1.82) is 0 Å². The molecule has 1 aromatic heterocycles. The van der Waals surface area contributed by atoms with Gasteiger partial charge < -0.3 is 4.74 Å². The second-order valence-corrected chi connectivity index (χ2v) is 11.6. The number of carbonyl (C=O) groups is 1. The third-order valence-corrected chi connectivity index (χ3v) is 8.71. The van der Waals surface area contributed by atoms with E-state index in [1.165, 1.54) is 26.8 Å². The maximum atomic E-state index is 13.9. The Bertz CT molecular complexity index is 1270. The standard InChI is InChI=1S/C24H28FN5O4S2/c1-28(11-12-34-24(31)17-35-22-8-3-2-4-9-22)21-16-30(36(32,33)18-21)15-20-14-29(27-26-20)13-19-7-5-6-10-23(19)25/h2-10,14,21H,11-13,15-18H2,1H3. The van der Waals surface area contributed by atoms with E-state index in [9.17, 15) is 17.6 Å². The average Bonchev–Trinajstić information content (AvgIpc) is 3.43. The van der Waals surface area contributed by atoms with E-state index in [0.717, 1.165) is 4.90 Å². The summed E-state index contributed by atoms with van der Waals surface area (Å²) in [4.78, 5) is 14.9. The van der Waals surface area contributed by atoms with Gasteiger partial charge in [-0.05, 0) is 25.2 Å². The topological polar surface area (TPSA) is 97.6 Å². The minimum Gasteiger partial charge on any atom is -0.464 e. The highest BCUT2D eigenvalue weighted by Crippen LogP contribution is 2.21. The fourth-order valence-electron chi connectivity index (χ4n) is 3.84. The number of halogens is 1. The van der Waals surface area contributed by atoms with Crippen LogP contribution in [0.2, 0.25) is 0 Å². The Kier molecular flexibility index (Phi) is 8.72. The molecule has 1 unspecified atom stereocenters. The third-order valence-electron chi connectivity index (χ3n) is 5.86. The van der Waals surface area contributed by atoms with E-state index in [0.29, 0.717) is 24.3 Å². The predicted octanol–water partition coefficient (Wildman–Crippen LogP) is 2.25. The molecule has 0 bridgehead atoms. The smallest absolute Gasteiger partial charge is 0.316 e. The van der Waals surface area contributed by atoms with Crippen molar-refractivity contribution < 1.29 is 22.3 Å². The summed E-state index contributed by atoms with van der Waals surface area (Å²) < 4.78 is 47.5. The van der Waals surface area contributed by atoms with Crippen LogP contribution in [0.15, 0.2) is 65.7 Å². The van der Waals surface area contributed by atoms with Crippen LogP contribution < -0.4 is 0 Å². The number of benzene rings is 2. The van der Waals surface area contributed by atoms with Gasteiger partial charge in [0.2, 0.25) is 10.0 Å². The SMILES string of the molecule is CN(CCOC(=O)CSc1ccccc1)C1CN(Cc2cn(Cc3ccccc3F)nn2)S(=O)(=O)C1. The largest absolute Gasteiger partial charge is 0.464 e. The molecule has 1 saturated heterocycles. The molecule has 9 nitrogen and oxygen atoms in total. The zero-order valence-corrected chi connectivity index (χ0v) is 21.5. The number of sulfonamides is 1. The van der Waals surface area contributed by atoms with Crippen LogP contribution in [-0.2, 0) is 32.6 Å². The molecule has 1 atom stereocenters. The van der Waals surface area contributed by atoms with Crippen LogP contribution in [0.5, 0.6) is 0 Å². The maximum absolute atomic E-state index is 13.9. The van der Waals surface area contributed by atoms with Crippen molar-refractivity contribution in [1.82, 2.24) is 24.2 Å². The van der Waals surface area contributed by atoms with Crippen molar-refractivity contribution in [3.05, 3.63) is 77.9 Å². The molecule has 0 amide bonds. The lowest BCUT2D eigenvalue weighted by Gasteiger charge is -2.22. The van der Waals surface area contributed by atoms with Gasteiger partial charge in [0.1, 0.15) is 12.4 Å². The van der Waals surface area contributed by atoms with Crippen LogP contribution >= 0.6 is 11.8 Å². The Labute approximate surface area is 214 Å². The second-order valence-electron chi connectivity index (χ2n) is 8.53. The lowest BCUT2D eigenvalue weighted by atomic mass is 10.2. The molecular weight excluding hydrogens is 505 g/mol. The number of aromatic nitrogens is 3. The molecule has 0 spiro atoms. The molecule has 2 heterocycles. The zero-order valence-electron chi connectivity index (χ0n) is 19.9. The van der Waals surface area contributed by atoms with Gasteiger partial charge in [-0.3, -0.25) is 9.69 Å². The van der Waals surface area contributed by atoms with E-state index >= 15 is 0 Å². The summed E-state index contributed by atoms with van der Waals surface area (Å²) in [5.41, 5.74) is 0.965. The van der Waals surface area contributed by atoms with Crippen molar-refractivity contribution in [2.24, 2.45) is 0 Å². The van der Waals surface area contributed by atoms with Gasteiger partial charge in [-0.2, -0.15) is 4.31 Å². The monoisotopic (exact) mass is 533 g/mol. The summed E-state index contributed by atoms with van der Waals surface area (Å²) in [6.07, 6.45) is 1.63. The summed E-state index contributed by atoms with van der Waals surface area (Å²) >= 11 is 1.41. The number of thioether (sulfide) groups is 1. The molecule has 0 N–H and O–H groups in total. The van der Waals surface area contributed by atoms with Gasteiger partial charge in [-0.1, -0.05) is 41.6 Å². The highest BCUT2D eigenvalue weighted by Gasteiger charge is 2.38. The molecule has 0 saturated carbocycles. The Morgan fingerprint density at radius 1 is 1.17 bits per heavy atom. The summed E-state index contributed by atoms with van der Waals surface area (Å²) in [7, 11) is -1.65. The van der Waals surface area contributed by atoms with Crippen LogP contribution in [0.3, 0.4) is 0 Å². The van der Waals surface area contributed by atoms with Crippen LogP contribution in [0, 0.1) is 5.82 Å². The van der Waals surface area contributed by atoms with E-state index in [1.807, 2.05) is 42.3 Å². The highest BCUT2D eigenvalue weighted by atomic mass is 32.2. The summed E-state index contributed by atoms with van der Waals surface area (Å²) in [5, 5.41) is 8.07. The highest BCUT2D eigenvalue weighted by molar-refractivity contribution is 8.00. The van der Waals surface area contributed by atoms with Crippen LogP contribution in [0.4, 0.5) is 4.39 Å². The molecule has 0 radical (unpaired) electrons. The van der Waals surface area contributed by atoms with Crippen molar-refractivity contribution in [2.75, 3.05) is 38.2 Å². The van der Waals surface area contributed by atoms with Gasteiger partial charge in [0.05, 0.1) is 36.5 Å². The summed E-state index contributed by atoms with van der Waals surface area (Å²) in [5.74, 6) is -0.443. The van der Waals surface area contributed by atoms with E-state index in [2.05, 4.69) is 10.3 Å². The predicted molar refractivity (Wildman–Crippen MR) is 134 cm³/mol. The van der Waals surface area contributed by atoms with Crippen molar-refractivity contribution in [2.45, 2.75) is 24.0 Å². The molecule has 4 rings (SSSR count). The van der Waals surface area contributed by atoms with E-state index in [1.54, 1.807) is 24.4 Å². The van der Waals surface area contributed by atoms with Gasteiger partial charge in [-0.15, -0.1) is 16.9 Å². The molecule has 1 aliphatic heterocycles. The van der Waals surface area contributed by atoms with Crippen molar-refractivity contribution in [3.8, 4) is 0 Å². The third kappa shape index (κ3) is 7.12. The average molecular weight is 534 g/mol. The fraction of sp³-hybridized carbons (Fsp3) is 0.375. The normalized spacial score (nSPS) is 17.5. The van der Waals surface area contributed by atoms with Crippen LogP contribution in [0.1, 0.15) is 11.3 Å². The number of rotatable bonds is 11. The van der Waals surface area contributed by atoms with E-state index in [4.69, 9.17) is 4.74 Å². The molecule has 36 heavy (non-hydrogen) atoms. The Morgan fingerprint density at radius 2 is 1.92 bits per heavy atom. The number of esters is 1. The molecule has 192 valence electrons. The molecule has 1 aliphatic rings. The summed E-state index contributed by atoms with van der Waals surface area (Å²) in [6, 6.07) is 15.8. The number of carbonyl (C=O) groups excluding carboxylic acids is 1. The molecular formula is C24H28FN5O4S2. The Balaban J connectivity index is 1.23. The van der Waals surface area contributed by atoms with Crippen molar-refractivity contribution in [3.63, 3.8) is 0 Å². The lowest BCUT2D eigenvalue weighted by molar-refractivity contribution is -0.140. The van der Waals surface area contributed by atoms with Crippen LogP contribution in [0.25, 0.3) is 0 Å². The first kappa shape index (κ1) is 26.3. The van der Waals surface area contributed by atoms with Gasteiger partial charge >= 0.3 is 5.97 Å². The van der Waals surface area contributed by atoms with E-state index < -0.39 is 10.0 Å². The van der Waals surface area contributed by atoms with Gasteiger partial charge in [0.25, 0.3) is 0 Å². The molecule has 3 aromatic rings. The Morgan fingerprint density at radius 3 is 2.69 bits per heavy atom. The van der Waals surface area contributed by atoms with Gasteiger partial charge in [-0.25, -0.2) is 17.5 Å². The first-order valence-corrected chi connectivity index (χ1v) is 14.0. The lowest BCUT2D eigenvalue weighted by Crippen LogP contribution is -2.38. The minimum absolute atomic E-state index is 0.0231. The van der Waals surface area contributed by atoms with Crippen molar-refractivity contribution >= 4 is 27.8 Å². The zero-order chi connectivity index (χ0) is 25.5. The van der Waals surface area contributed by atoms with Crippen LogP contribution in [-0.4, -0.2) is 82.9 Å². The number of hydrogen-bond donors (Lipinski definition) is 0. The molecule has 1 fully saturated rings.